The van der Waals surface area contributed by atoms with Crippen LogP contribution in [0.1, 0.15) is 33.1 Å². The average Bonchev–Trinajstić information content (AvgIpc) is 3.39. The second-order valence-electron chi connectivity index (χ2n) is 7.97. The van der Waals surface area contributed by atoms with Crippen LogP contribution in [-0.2, 0) is 6.54 Å². The molecule has 34 heavy (non-hydrogen) atoms. The van der Waals surface area contributed by atoms with Gasteiger partial charge in [0.05, 0.1) is 23.6 Å². The Kier molecular flexibility index (Phi) is 5.51. The minimum Gasteiger partial charge on any atom is -0.457 e. The molecular weight excluding hydrogens is 430 g/mol. The summed E-state index contributed by atoms with van der Waals surface area (Å²) in [4.78, 5) is 21.5. The lowest BCUT2D eigenvalue weighted by Gasteiger charge is -2.10. The van der Waals surface area contributed by atoms with Gasteiger partial charge < -0.3 is 10.1 Å². The molecule has 3 aromatic heterocycles. The Bertz CT molecular complexity index is 1490. The molecule has 3 heterocycles. The smallest absolute Gasteiger partial charge is 0.274 e. The summed E-state index contributed by atoms with van der Waals surface area (Å²) >= 11 is 0. The Morgan fingerprint density at radius 3 is 2.62 bits per heavy atom. The number of hydrogen-bond donors (Lipinski definition) is 1. The Labute approximate surface area is 196 Å². The molecule has 1 N–H and O–H groups in total. The van der Waals surface area contributed by atoms with Crippen LogP contribution in [0.25, 0.3) is 5.78 Å². The van der Waals surface area contributed by atoms with Crippen LogP contribution in [0, 0.1) is 20.8 Å². The van der Waals surface area contributed by atoms with Gasteiger partial charge in [-0.2, -0.15) is 19.7 Å². The summed E-state index contributed by atoms with van der Waals surface area (Å²) in [6.07, 6.45) is 1.38. The molecule has 0 aliphatic carbocycles. The summed E-state index contributed by atoms with van der Waals surface area (Å²) in [5.41, 5.74) is 4.32. The molecule has 9 nitrogen and oxygen atoms in total. The SMILES string of the molecule is Cc1cc(C(=O)Nc2c(C)nn(Cc3cccc(Oc4ccccc4)c3)c2C)n2ncnc2n1. The lowest BCUT2D eigenvalue weighted by Crippen LogP contribution is -2.18. The lowest BCUT2D eigenvalue weighted by atomic mass is 10.2. The maximum Gasteiger partial charge on any atom is 0.274 e. The van der Waals surface area contributed by atoms with E-state index in [1.165, 1.54) is 10.8 Å². The number of hydrogen-bond acceptors (Lipinski definition) is 6. The number of benzene rings is 2. The van der Waals surface area contributed by atoms with E-state index < -0.39 is 0 Å². The van der Waals surface area contributed by atoms with Crippen LogP contribution in [0.15, 0.2) is 67.0 Å². The number of carbonyl (C=O) groups is 1. The zero-order chi connectivity index (χ0) is 23.7. The minimum atomic E-state index is -0.301. The number of amides is 1. The first-order chi connectivity index (χ1) is 16.5. The predicted molar refractivity (Wildman–Crippen MR) is 127 cm³/mol. The molecule has 0 unspecified atom stereocenters. The van der Waals surface area contributed by atoms with Crippen LogP contribution in [0.3, 0.4) is 0 Å². The molecule has 0 aliphatic heterocycles. The molecule has 0 atom stereocenters. The van der Waals surface area contributed by atoms with Crippen LogP contribution >= 0.6 is 0 Å². The van der Waals surface area contributed by atoms with E-state index in [2.05, 4.69) is 25.5 Å². The van der Waals surface area contributed by atoms with Gasteiger partial charge >= 0.3 is 0 Å². The van der Waals surface area contributed by atoms with Gasteiger partial charge in [0.2, 0.25) is 0 Å². The number of para-hydroxylation sites is 1. The fraction of sp³-hybridized carbons (Fsp3) is 0.160. The normalized spacial score (nSPS) is 11.0. The average molecular weight is 454 g/mol. The van der Waals surface area contributed by atoms with E-state index in [1.54, 1.807) is 6.07 Å². The van der Waals surface area contributed by atoms with Crippen molar-refractivity contribution in [2.24, 2.45) is 0 Å². The maximum atomic E-state index is 13.1. The molecule has 0 aliphatic rings. The standard InChI is InChI=1S/C25H23N7O2/c1-16-12-22(32-25(28-16)26-15-27-32)24(33)29-23-17(2)30-31(18(23)3)14-19-8-7-11-21(13-19)34-20-9-5-4-6-10-20/h4-13,15H,14H2,1-3H3,(H,29,33). The van der Waals surface area contributed by atoms with Crippen LogP contribution < -0.4 is 10.1 Å². The molecule has 2 aromatic carbocycles. The van der Waals surface area contributed by atoms with E-state index in [1.807, 2.05) is 80.1 Å². The van der Waals surface area contributed by atoms with Gasteiger partial charge in [-0.15, -0.1) is 0 Å². The van der Waals surface area contributed by atoms with Gasteiger partial charge in [0.15, 0.2) is 0 Å². The van der Waals surface area contributed by atoms with Crippen molar-refractivity contribution < 1.29 is 9.53 Å². The minimum absolute atomic E-state index is 0.301. The summed E-state index contributed by atoms with van der Waals surface area (Å²) in [5.74, 6) is 1.61. The number of ether oxygens (including phenoxy) is 1. The fourth-order valence-corrected chi connectivity index (χ4v) is 3.81. The number of aromatic nitrogens is 6. The molecule has 1 amide bonds. The van der Waals surface area contributed by atoms with Crippen molar-refractivity contribution in [3.05, 3.63) is 95.3 Å². The highest BCUT2D eigenvalue weighted by Gasteiger charge is 2.19. The van der Waals surface area contributed by atoms with Crippen molar-refractivity contribution in [1.29, 1.82) is 0 Å². The summed E-state index contributed by atoms with van der Waals surface area (Å²) in [5, 5.41) is 11.8. The zero-order valence-electron chi connectivity index (χ0n) is 19.1. The Hall–Kier alpha value is -4.53. The first kappa shape index (κ1) is 21.3. The van der Waals surface area contributed by atoms with Gasteiger partial charge in [0, 0.05) is 5.69 Å². The summed E-state index contributed by atoms with van der Waals surface area (Å²) in [6, 6.07) is 19.2. The van der Waals surface area contributed by atoms with E-state index in [0.29, 0.717) is 29.4 Å². The number of rotatable bonds is 6. The van der Waals surface area contributed by atoms with Gasteiger partial charge in [-0.05, 0) is 56.7 Å². The number of anilines is 1. The summed E-state index contributed by atoms with van der Waals surface area (Å²) < 4.78 is 9.25. The molecule has 5 aromatic rings. The predicted octanol–water partition coefficient (Wildman–Crippen LogP) is 4.34. The molecular formula is C25H23N7O2. The van der Waals surface area contributed by atoms with Crippen molar-refractivity contribution in [3.8, 4) is 11.5 Å². The molecule has 0 saturated heterocycles. The summed E-state index contributed by atoms with van der Waals surface area (Å²) in [6.45, 7) is 6.16. The van der Waals surface area contributed by atoms with Gasteiger partial charge in [0.25, 0.3) is 11.7 Å². The van der Waals surface area contributed by atoms with Crippen LogP contribution in [-0.4, -0.2) is 35.3 Å². The second kappa shape index (κ2) is 8.78. The van der Waals surface area contributed by atoms with E-state index in [0.717, 1.165) is 28.5 Å². The molecule has 0 saturated carbocycles. The number of nitrogens with one attached hydrogen (secondary N) is 1. The number of nitrogens with zero attached hydrogens (tertiary/aromatic N) is 6. The van der Waals surface area contributed by atoms with Gasteiger partial charge in [-0.1, -0.05) is 30.3 Å². The van der Waals surface area contributed by atoms with Gasteiger partial charge in [-0.25, -0.2) is 4.98 Å². The molecule has 9 heteroatoms. The van der Waals surface area contributed by atoms with Crippen molar-refractivity contribution in [1.82, 2.24) is 29.4 Å². The van der Waals surface area contributed by atoms with Gasteiger partial charge in [-0.3, -0.25) is 9.48 Å². The van der Waals surface area contributed by atoms with E-state index in [4.69, 9.17) is 4.74 Å². The number of carbonyl (C=O) groups excluding carboxylic acids is 1. The quantitative estimate of drug-likeness (QED) is 0.411. The highest BCUT2D eigenvalue weighted by Crippen LogP contribution is 2.25. The third kappa shape index (κ3) is 4.23. The molecule has 0 fully saturated rings. The number of aryl methyl sites for hydroxylation is 2. The lowest BCUT2D eigenvalue weighted by molar-refractivity contribution is 0.101. The monoisotopic (exact) mass is 453 g/mol. The van der Waals surface area contributed by atoms with Crippen LogP contribution in [0.5, 0.6) is 11.5 Å². The maximum absolute atomic E-state index is 13.1. The Morgan fingerprint density at radius 2 is 1.79 bits per heavy atom. The highest BCUT2D eigenvalue weighted by atomic mass is 16.5. The highest BCUT2D eigenvalue weighted by molar-refractivity contribution is 6.04. The third-order valence-corrected chi connectivity index (χ3v) is 5.44. The van der Waals surface area contributed by atoms with E-state index in [-0.39, 0.29) is 5.91 Å². The third-order valence-electron chi connectivity index (χ3n) is 5.44. The van der Waals surface area contributed by atoms with Crippen molar-refractivity contribution in [3.63, 3.8) is 0 Å². The molecule has 0 spiro atoms. The number of fused-ring (bicyclic) bond motifs is 1. The molecule has 0 bridgehead atoms. The van der Waals surface area contributed by atoms with Gasteiger partial charge in [0.1, 0.15) is 23.5 Å². The Morgan fingerprint density at radius 1 is 1.00 bits per heavy atom. The van der Waals surface area contributed by atoms with E-state index >= 15 is 0 Å². The largest absolute Gasteiger partial charge is 0.457 e. The second-order valence-corrected chi connectivity index (χ2v) is 7.97. The first-order valence-corrected chi connectivity index (χ1v) is 10.8. The molecule has 0 radical (unpaired) electrons. The van der Waals surface area contributed by atoms with Crippen molar-refractivity contribution >= 4 is 17.4 Å². The van der Waals surface area contributed by atoms with Crippen LogP contribution in [0.4, 0.5) is 5.69 Å². The van der Waals surface area contributed by atoms with Crippen molar-refractivity contribution in [2.45, 2.75) is 27.3 Å². The molecule has 170 valence electrons. The van der Waals surface area contributed by atoms with E-state index in [9.17, 15) is 4.79 Å². The Balaban J connectivity index is 1.37. The van der Waals surface area contributed by atoms with Crippen LogP contribution in [0.2, 0.25) is 0 Å². The topological polar surface area (TPSA) is 99.2 Å². The molecule has 5 rings (SSSR count). The zero-order valence-corrected chi connectivity index (χ0v) is 19.1. The fourth-order valence-electron chi connectivity index (χ4n) is 3.81. The van der Waals surface area contributed by atoms with Crippen molar-refractivity contribution in [2.75, 3.05) is 5.32 Å². The summed E-state index contributed by atoms with van der Waals surface area (Å²) in [7, 11) is 0. The first-order valence-electron chi connectivity index (χ1n) is 10.8.